The van der Waals surface area contributed by atoms with Crippen LogP contribution in [0.5, 0.6) is 0 Å². The van der Waals surface area contributed by atoms with Crippen LogP contribution in [-0.2, 0) is 11.0 Å². The maximum Gasteiger partial charge on any atom is 0.453 e. The summed E-state index contributed by atoms with van der Waals surface area (Å²) in [5.41, 5.74) is 0.514. The lowest BCUT2D eigenvalue weighted by molar-refractivity contribution is -0.144. The van der Waals surface area contributed by atoms with Crippen molar-refractivity contribution in [3.8, 4) is 0 Å². The quantitative estimate of drug-likeness (QED) is 0.904. The number of alkyl halides is 3. The Labute approximate surface area is 129 Å². The molecule has 1 atom stereocenters. The van der Waals surface area contributed by atoms with Crippen LogP contribution < -0.4 is 5.32 Å². The number of anilines is 1. The molecule has 0 bridgehead atoms. The Morgan fingerprint density at radius 1 is 1.35 bits per heavy atom. The molecular formula is C13H15F3N6O. The summed E-state index contributed by atoms with van der Waals surface area (Å²) in [4.78, 5) is 20.8. The van der Waals surface area contributed by atoms with Gasteiger partial charge in [-0.05, 0) is 13.3 Å². The minimum absolute atomic E-state index is 0.00894. The van der Waals surface area contributed by atoms with Crippen molar-refractivity contribution in [2.75, 3.05) is 18.9 Å². The van der Waals surface area contributed by atoms with Crippen LogP contribution >= 0.6 is 0 Å². The molecule has 23 heavy (non-hydrogen) atoms. The molecule has 1 saturated heterocycles. The zero-order chi connectivity index (χ0) is 16.8. The van der Waals surface area contributed by atoms with E-state index in [0.717, 1.165) is 4.52 Å². The third-order valence-electron chi connectivity index (χ3n) is 3.71. The number of carbonyl (C=O) groups is 1. The number of likely N-dealkylation sites (tertiary alicyclic amines) is 1. The van der Waals surface area contributed by atoms with Gasteiger partial charge in [-0.25, -0.2) is 4.98 Å². The first-order valence-electron chi connectivity index (χ1n) is 7.06. The molecule has 3 rings (SSSR count). The van der Waals surface area contributed by atoms with Crippen molar-refractivity contribution in [2.24, 2.45) is 0 Å². The lowest BCUT2D eigenvalue weighted by atomic mass is 10.1. The molecule has 1 aliphatic heterocycles. The Balaban J connectivity index is 1.94. The van der Waals surface area contributed by atoms with Gasteiger partial charge in [0, 0.05) is 37.8 Å². The van der Waals surface area contributed by atoms with E-state index in [4.69, 9.17) is 0 Å². The Kier molecular flexibility index (Phi) is 3.61. The molecular weight excluding hydrogens is 313 g/mol. The van der Waals surface area contributed by atoms with E-state index in [2.05, 4.69) is 20.4 Å². The van der Waals surface area contributed by atoms with E-state index in [1.807, 2.05) is 0 Å². The summed E-state index contributed by atoms with van der Waals surface area (Å²) in [6, 6.07) is 1.42. The highest BCUT2D eigenvalue weighted by atomic mass is 19.4. The van der Waals surface area contributed by atoms with E-state index in [-0.39, 0.29) is 24.1 Å². The number of amides is 1. The number of aryl methyl sites for hydroxylation is 1. The smallest absolute Gasteiger partial charge is 0.367 e. The summed E-state index contributed by atoms with van der Waals surface area (Å²) >= 11 is 0. The summed E-state index contributed by atoms with van der Waals surface area (Å²) < 4.78 is 39.4. The maximum absolute atomic E-state index is 12.8. The van der Waals surface area contributed by atoms with E-state index in [1.165, 1.54) is 0 Å². The lowest BCUT2D eigenvalue weighted by Gasteiger charge is -2.29. The monoisotopic (exact) mass is 328 g/mol. The number of carbonyl (C=O) groups excluding carboxylic acids is 1. The molecule has 2 aromatic rings. The van der Waals surface area contributed by atoms with Crippen LogP contribution in [0.4, 0.5) is 19.0 Å². The zero-order valence-electron chi connectivity index (χ0n) is 12.6. The van der Waals surface area contributed by atoms with E-state index in [9.17, 15) is 18.0 Å². The Morgan fingerprint density at radius 2 is 2.09 bits per heavy atom. The third kappa shape index (κ3) is 3.06. The third-order valence-corrected chi connectivity index (χ3v) is 3.71. The SMILES string of the molecule is Cc1cc(NC2CCN(C)C(=O)C2)n2nc(C(F)(F)F)nc2n1. The average molecular weight is 328 g/mol. The molecule has 0 spiro atoms. The summed E-state index contributed by atoms with van der Waals surface area (Å²) in [6.45, 7) is 2.25. The van der Waals surface area contributed by atoms with Crippen LogP contribution in [0, 0.1) is 6.92 Å². The summed E-state index contributed by atoms with van der Waals surface area (Å²) in [5.74, 6) is -1.03. The molecule has 124 valence electrons. The van der Waals surface area contributed by atoms with Gasteiger partial charge in [0.2, 0.25) is 5.91 Å². The molecule has 7 nitrogen and oxygen atoms in total. The van der Waals surface area contributed by atoms with E-state index >= 15 is 0 Å². The number of hydrogen-bond acceptors (Lipinski definition) is 5. The van der Waals surface area contributed by atoms with Gasteiger partial charge in [-0.3, -0.25) is 4.79 Å². The molecule has 1 N–H and O–H groups in total. The van der Waals surface area contributed by atoms with Crippen molar-refractivity contribution in [2.45, 2.75) is 32.0 Å². The second-order valence-electron chi connectivity index (χ2n) is 5.58. The Bertz CT molecular complexity index is 756. The molecule has 1 aliphatic rings. The molecule has 2 aromatic heterocycles. The number of halogens is 3. The minimum Gasteiger partial charge on any atom is -0.367 e. The van der Waals surface area contributed by atoms with E-state index < -0.39 is 12.0 Å². The molecule has 1 unspecified atom stereocenters. The Morgan fingerprint density at radius 3 is 2.74 bits per heavy atom. The van der Waals surface area contributed by atoms with Gasteiger partial charge in [0.05, 0.1) is 0 Å². The van der Waals surface area contributed by atoms with Crippen molar-refractivity contribution in [3.05, 3.63) is 17.6 Å². The highest BCUT2D eigenvalue weighted by Gasteiger charge is 2.37. The highest BCUT2D eigenvalue weighted by Crippen LogP contribution is 2.27. The van der Waals surface area contributed by atoms with Gasteiger partial charge in [-0.1, -0.05) is 0 Å². The van der Waals surface area contributed by atoms with Crippen molar-refractivity contribution in [1.82, 2.24) is 24.5 Å². The average Bonchev–Trinajstić information content (AvgIpc) is 2.87. The topological polar surface area (TPSA) is 75.4 Å². The molecule has 10 heteroatoms. The van der Waals surface area contributed by atoms with Crippen molar-refractivity contribution >= 4 is 17.5 Å². The van der Waals surface area contributed by atoms with Crippen LogP contribution in [-0.4, -0.2) is 50.0 Å². The van der Waals surface area contributed by atoms with Gasteiger partial charge in [0.15, 0.2) is 0 Å². The number of piperidine rings is 1. The molecule has 0 saturated carbocycles. The lowest BCUT2D eigenvalue weighted by Crippen LogP contribution is -2.41. The predicted molar refractivity (Wildman–Crippen MR) is 74.8 cm³/mol. The maximum atomic E-state index is 12.8. The van der Waals surface area contributed by atoms with Crippen molar-refractivity contribution in [1.29, 1.82) is 0 Å². The van der Waals surface area contributed by atoms with Gasteiger partial charge >= 0.3 is 6.18 Å². The number of rotatable bonds is 2. The Hall–Kier alpha value is -2.39. The number of fused-ring (bicyclic) bond motifs is 1. The fourth-order valence-electron chi connectivity index (χ4n) is 2.48. The number of aromatic nitrogens is 4. The predicted octanol–water partition coefficient (Wildman–Crippen LogP) is 1.48. The fraction of sp³-hybridized carbons (Fsp3) is 0.538. The second-order valence-corrected chi connectivity index (χ2v) is 5.58. The minimum atomic E-state index is -4.64. The summed E-state index contributed by atoms with van der Waals surface area (Å²) in [6.07, 6.45) is -3.66. The molecule has 0 radical (unpaired) electrons. The van der Waals surface area contributed by atoms with Crippen LogP contribution in [0.15, 0.2) is 6.07 Å². The largest absolute Gasteiger partial charge is 0.453 e. The summed E-state index contributed by atoms with van der Waals surface area (Å²) in [7, 11) is 1.72. The van der Waals surface area contributed by atoms with Crippen molar-refractivity contribution < 1.29 is 18.0 Å². The molecule has 0 aliphatic carbocycles. The highest BCUT2D eigenvalue weighted by molar-refractivity contribution is 5.77. The number of nitrogens with one attached hydrogen (secondary N) is 1. The molecule has 3 heterocycles. The second kappa shape index (κ2) is 5.36. The molecule has 1 amide bonds. The van der Waals surface area contributed by atoms with Gasteiger partial charge in [0.25, 0.3) is 11.6 Å². The van der Waals surface area contributed by atoms with Crippen LogP contribution in [0.1, 0.15) is 24.4 Å². The standard InChI is InChI=1S/C13H15F3N6O/c1-7-5-9(18-8-3-4-21(2)10(23)6-8)22-12(17-7)19-11(20-22)13(14,15)16/h5,8,18H,3-4,6H2,1-2H3. The van der Waals surface area contributed by atoms with Crippen LogP contribution in [0.2, 0.25) is 0 Å². The first-order chi connectivity index (χ1) is 10.7. The van der Waals surface area contributed by atoms with Gasteiger partial charge in [-0.2, -0.15) is 22.7 Å². The van der Waals surface area contributed by atoms with Crippen LogP contribution in [0.3, 0.4) is 0 Å². The molecule has 0 aromatic carbocycles. The van der Waals surface area contributed by atoms with Gasteiger partial charge < -0.3 is 10.2 Å². The van der Waals surface area contributed by atoms with Gasteiger partial charge in [0.1, 0.15) is 5.82 Å². The normalized spacial score (nSPS) is 19.4. The number of nitrogens with zero attached hydrogens (tertiary/aromatic N) is 5. The summed E-state index contributed by atoms with van der Waals surface area (Å²) in [5, 5.41) is 6.57. The molecule has 1 fully saturated rings. The first kappa shape index (κ1) is 15.5. The number of hydrogen-bond donors (Lipinski definition) is 1. The van der Waals surface area contributed by atoms with Gasteiger partial charge in [-0.15, -0.1) is 5.10 Å². The van der Waals surface area contributed by atoms with E-state index in [1.54, 1.807) is 24.9 Å². The van der Waals surface area contributed by atoms with Crippen molar-refractivity contribution in [3.63, 3.8) is 0 Å². The fourth-order valence-corrected chi connectivity index (χ4v) is 2.48. The van der Waals surface area contributed by atoms with E-state index in [0.29, 0.717) is 24.5 Å². The van der Waals surface area contributed by atoms with Crippen LogP contribution in [0.25, 0.3) is 5.78 Å². The first-order valence-corrected chi connectivity index (χ1v) is 7.06. The zero-order valence-corrected chi connectivity index (χ0v) is 12.6.